The maximum atomic E-state index is 10.7. The number of rotatable bonds is 1. The first kappa shape index (κ1) is 9.34. The van der Waals surface area contributed by atoms with Gasteiger partial charge in [-0.05, 0) is 13.0 Å². The first-order chi connectivity index (χ1) is 3.84. The maximum Gasteiger partial charge on any atom is 0.193 e. The summed E-state index contributed by atoms with van der Waals surface area (Å²) in [5, 5.41) is 0. The van der Waals surface area contributed by atoms with Crippen molar-refractivity contribution in [2.45, 2.75) is 19.8 Å². The zero-order chi connectivity index (χ0) is 5.98. The van der Waals surface area contributed by atoms with E-state index in [-0.39, 0.29) is 31.8 Å². The van der Waals surface area contributed by atoms with Crippen LogP contribution in [0.1, 0.15) is 19.8 Å². The quantitative estimate of drug-likeness (QED) is 0.515. The van der Waals surface area contributed by atoms with Gasteiger partial charge in [0.25, 0.3) is 0 Å². The normalized spacial score (nSPS) is 17.9. The summed E-state index contributed by atoms with van der Waals surface area (Å²) in [5.74, 6) is 0.271. The van der Waals surface area contributed by atoms with Gasteiger partial charge in [0.15, 0.2) is 5.91 Å². The van der Waals surface area contributed by atoms with Crippen molar-refractivity contribution in [1.82, 2.24) is 4.90 Å². The summed E-state index contributed by atoms with van der Waals surface area (Å²) in [6.07, 6.45) is 1.77. The zero-order valence-corrected chi connectivity index (χ0v) is 7.43. The molecule has 0 aromatic rings. The minimum absolute atomic E-state index is 0. The second-order valence-electron chi connectivity index (χ2n) is 1.95. The van der Waals surface area contributed by atoms with Gasteiger partial charge >= 0.3 is 0 Å². The van der Waals surface area contributed by atoms with E-state index in [1.807, 2.05) is 13.5 Å². The Morgan fingerprint density at radius 2 is 2.33 bits per heavy atom. The van der Waals surface area contributed by atoms with Crippen molar-refractivity contribution >= 4 is 5.91 Å². The molecule has 1 fully saturated rings. The third-order valence-corrected chi connectivity index (χ3v) is 1.42. The van der Waals surface area contributed by atoms with Crippen molar-refractivity contribution in [2.75, 3.05) is 6.54 Å². The van der Waals surface area contributed by atoms with E-state index in [9.17, 15) is 4.79 Å². The molecule has 0 bridgehead atoms. The largest absolute Gasteiger partial charge is 0.493 e. The molecule has 1 radical (unpaired) electrons. The molecule has 0 spiro atoms. The molecule has 1 heterocycles. The molecule has 0 aromatic heterocycles. The summed E-state index contributed by atoms with van der Waals surface area (Å²) >= 11 is 0. The standard InChI is InChI=1S/C6H10NO.Sc/c1-2-7-5-3-4-6(7)8;/h2H,3-5H2,1H3;/q-1;. The topological polar surface area (TPSA) is 20.3 Å². The van der Waals surface area contributed by atoms with Crippen LogP contribution in [0.2, 0.25) is 0 Å². The summed E-state index contributed by atoms with van der Waals surface area (Å²) in [6, 6.07) is 0. The van der Waals surface area contributed by atoms with Crippen LogP contribution in [0.25, 0.3) is 0 Å². The molecular weight excluding hydrogens is 147 g/mol. The first-order valence-corrected chi connectivity index (χ1v) is 2.93. The Bertz CT molecular complexity index is 105. The van der Waals surface area contributed by atoms with E-state index < -0.39 is 0 Å². The Hall–Kier alpha value is 0.340. The van der Waals surface area contributed by atoms with Crippen molar-refractivity contribution < 1.29 is 30.6 Å². The molecule has 1 aliphatic rings. The Morgan fingerprint density at radius 1 is 1.67 bits per heavy atom. The number of likely N-dealkylation sites (tertiary alicyclic amines) is 1. The van der Waals surface area contributed by atoms with E-state index >= 15 is 0 Å². The molecule has 0 N–H and O–H groups in total. The van der Waals surface area contributed by atoms with Gasteiger partial charge in [-0.25, -0.2) is 6.54 Å². The Kier molecular flexibility index (Phi) is 4.36. The average Bonchev–Trinajstić information content (AvgIpc) is 2.14. The third kappa shape index (κ3) is 2.20. The van der Waals surface area contributed by atoms with Gasteiger partial charge in [0.05, 0.1) is 0 Å². The fourth-order valence-electron chi connectivity index (χ4n) is 0.942. The van der Waals surface area contributed by atoms with Crippen LogP contribution in [0.3, 0.4) is 0 Å². The Morgan fingerprint density at radius 3 is 2.56 bits per heavy atom. The van der Waals surface area contributed by atoms with Crippen molar-refractivity contribution in [1.29, 1.82) is 0 Å². The molecule has 1 amide bonds. The number of nitrogens with zero attached hydrogens (tertiary/aromatic N) is 1. The van der Waals surface area contributed by atoms with Crippen molar-refractivity contribution in [3.05, 3.63) is 6.54 Å². The molecule has 2 nitrogen and oxygen atoms in total. The smallest absolute Gasteiger partial charge is 0.193 e. The van der Waals surface area contributed by atoms with Crippen LogP contribution >= 0.6 is 0 Å². The molecule has 0 aromatic carbocycles. The van der Waals surface area contributed by atoms with Crippen LogP contribution in [-0.4, -0.2) is 17.4 Å². The second kappa shape index (κ2) is 4.20. The molecule has 49 valence electrons. The van der Waals surface area contributed by atoms with Gasteiger partial charge in [0.2, 0.25) is 0 Å². The van der Waals surface area contributed by atoms with Gasteiger partial charge in [-0.3, -0.25) is 4.79 Å². The second-order valence-corrected chi connectivity index (χ2v) is 1.95. The molecule has 1 aliphatic heterocycles. The number of amides is 1. The predicted molar refractivity (Wildman–Crippen MR) is 30.9 cm³/mol. The summed E-state index contributed by atoms with van der Waals surface area (Å²) in [4.78, 5) is 12.5. The maximum absolute atomic E-state index is 10.7. The molecule has 1 rings (SSSR count). The third-order valence-electron chi connectivity index (χ3n) is 1.42. The van der Waals surface area contributed by atoms with Crippen LogP contribution in [0.4, 0.5) is 0 Å². The monoisotopic (exact) mass is 157 g/mol. The van der Waals surface area contributed by atoms with Crippen LogP contribution in [-0.2, 0) is 30.6 Å². The minimum atomic E-state index is 0. The first-order valence-electron chi connectivity index (χ1n) is 2.93. The molecule has 3 heteroatoms. The fourth-order valence-corrected chi connectivity index (χ4v) is 0.942. The van der Waals surface area contributed by atoms with Gasteiger partial charge in [-0.2, -0.15) is 6.92 Å². The summed E-state index contributed by atoms with van der Waals surface area (Å²) in [7, 11) is 0. The van der Waals surface area contributed by atoms with E-state index in [0.717, 1.165) is 19.4 Å². The summed E-state index contributed by atoms with van der Waals surface area (Å²) < 4.78 is 0. The Labute approximate surface area is 74.4 Å². The number of hydrogen-bond acceptors (Lipinski definition) is 1. The summed E-state index contributed by atoms with van der Waals surface area (Å²) in [5.41, 5.74) is 0. The van der Waals surface area contributed by atoms with Gasteiger partial charge in [-0.15, -0.1) is 0 Å². The molecule has 1 saturated heterocycles. The molecule has 0 saturated carbocycles. The summed E-state index contributed by atoms with van der Waals surface area (Å²) in [6.45, 7) is 4.66. The van der Waals surface area contributed by atoms with Gasteiger partial charge in [0.1, 0.15) is 0 Å². The van der Waals surface area contributed by atoms with E-state index in [2.05, 4.69) is 0 Å². The number of hydrogen-bond donors (Lipinski definition) is 0. The zero-order valence-electron chi connectivity index (χ0n) is 5.63. The molecule has 0 aliphatic carbocycles. The predicted octanol–water partition coefficient (Wildman–Crippen LogP) is 0.788. The van der Waals surface area contributed by atoms with Gasteiger partial charge in [0, 0.05) is 32.3 Å². The number of carbonyl (C=O) groups is 1. The molecule has 0 unspecified atom stereocenters. The Balaban J connectivity index is 0.000000640. The van der Waals surface area contributed by atoms with Crippen LogP contribution in [0.5, 0.6) is 0 Å². The molecular formula is C6H10NOSc-. The van der Waals surface area contributed by atoms with Crippen LogP contribution < -0.4 is 0 Å². The molecule has 9 heavy (non-hydrogen) atoms. The average molecular weight is 157 g/mol. The van der Waals surface area contributed by atoms with Crippen molar-refractivity contribution in [3.63, 3.8) is 0 Å². The van der Waals surface area contributed by atoms with E-state index in [4.69, 9.17) is 0 Å². The fraction of sp³-hybridized carbons (Fsp3) is 0.667. The van der Waals surface area contributed by atoms with Crippen molar-refractivity contribution in [2.24, 2.45) is 0 Å². The van der Waals surface area contributed by atoms with Crippen LogP contribution in [0, 0.1) is 6.54 Å². The van der Waals surface area contributed by atoms with Gasteiger partial charge < -0.3 is 4.90 Å². The van der Waals surface area contributed by atoms with Crippen molar-refractivity contribution in [3.8, 4) is 0 Å². The van der Waals surface area contributed by atoms with Crippen LogP contribution in [0.15, 0.2) is 0 Å². The minimum Gasteiger partial charge on any atom is -0.493 e. The van der Waals surface area contributed by atoms with E-state index in [0.29, 0.717) is 0 Å². The number of carbonyl (C=O) groups excluding carboxylic acids is 1. The van der Waals surface area contributed by atoms with E-state index in [1.54, 1.807) is 4.90 Å². The van der Waals surface area contributed by atoms with Gasteiger partial charge in [-0.1, -0.05) is 0 Å². The molecule has 0 atom stereocenters. The van der Waals surface area contributed by atoms with E-state index in [1.165, 1.54) is 0 Å². The SMILES string of the molecule is C[CH-]N1CCCC1=O.[Sc].